The number of hydrogen-bond acceptors (Lipinski definition) is 3. The monoisotopic (exact) mass is 310 g/mol. The van der Waals surface area contributed by atoms with Crippen molar-refractivity contribution in [1.82, 2.24) is 9.88 Å². The van der Waals surface area contributed by atoms with Crippen LogP contribution in [-0.4, -0.2) is 28.9 Å². The van der Waals surface area contributed by atoms with Gasteiger partial charge in [-0.25, -0.2) is 4.98 Å². The predicted octanol–water partition coefficient (Wildman–Crippen LogP) is 3.60. The van der Waals surface area contributed by atoms with E-state index in [4.69, 9.17) is 4.42 Å². The molecule has 3 rings (SSSR count). The van der Waals surface area contributed by atoms with Crippen LogP contribution in [0, 0.1) is 0 Å². The molecule has 22 heavy (non-hydrogen) atoms. The summed E-state index contributed by atoms with van der Waals surface area (Å²) < 4.78 is 43.3. The third-order valence-electron chi connectivity index (χ3n) is 3.55. The maximum atomic E-state index is 12.7. The van der Waals surface area contributed by atoms with E-state index in [-0.39, 0.29) is 23.1 Å². The van der Waals surface area contributed by atoms with Gasteiger partial charge in [0.25, 0.3) is 5.91 Å². The van der Waals surface area contributed by atoms with Gasteiger partial charge in [-0.15, -0.1) is 0 Å². The molecule has 1 fully saturated rings. The van der Waals surface area contributed by atoms with E-state index in [9.17, 15) is 18.0 Å². The molecular weight excluding hydrogens is 297 g/mol. The van der Waals surface area contributed by atoms with Crippen molar-refractivity contribution in [1.29, 1.82) is 0 Å². The summed E-state index contributed by atoms with van der Waals surface area (Å²) in [5.74, 6) is -0.242. The van der Waals surface area contributed by atoms with Crippen LogP contribution in [0.3, 0.4) is 0 Å². The molecule has 116 valence electrons. The number of rotatable bonds is 2. The van der Waals surface area contributed by atoms with Crippen molar-refractivity contribution >= 4 is 5.91 Å². The first kappa shape index (κ1) is 14.6. The Hall–Kier alpha value is -2.31. The lowest BCUT2D eigenvalue weighted by atomic mass is 10.1. The van der Waals surface area contributed by atoms with Crippen LogP contribution >= 0.6 is 0 Å². The molecule has 1 saturated heterocycles. The van der Waals surface area contributed by atoms with Gasteiger partial charge < -0.3 is 9.32 Å². The highest BCUT2D eigenvalue weighted by Gasteiger charge is 2.31. The van der Waals surface area contributed by atoms with Crippen LogP contribution in [0.1, 0.15) is 28.9 Å². The van der Waals surface area contributed by atoms with Crippen molar-refractivity contribution in [3.8, 4) is 11.5 Å². The molecule has 0 N–H and O–H groups in total. The number of oxazole rings is 1. The number of carbonyl (C=O) groups is 1. The number of halogens is 3. The second kappa shape index (κ2) is 5.47. The first-order valence-electron chi connectivity index (χ1n) is 6.87. The number of aromatic nitrogens is 1. The van der Waals surface area contributed by atoms with Crippen molar-refractivity contribution in [3.05, 3.63) is 41.8 Å². The molecule has 1 aromatic heterocycles. The zero-order valence-electron chi connectivity index (χ0n) is 11.6. The number of hydrogen-bond donors (Lipinski definition) is 0. The Morgan fingerprint density at radius 1 is 1.23 bits per heavy atom. The molecule has 2 heterocycles. The molecule has 1 aliphatic rings. The van der Waals surface area contributed by atoms with E-state index in [2.05, 4.69) is 4.98 Å². The molecule has 0 unspecified atom stereocenters. The highest BCUT2D eigenvalue weighted by molar-refractivity contribution is 5.92. The Kier molecular flexibility index (Phi) is 3.64. The Bertz CT molecular complexity index is 688. The second-order valence-electron chi connectivity index (χ2n) is 5.12. The summed E-state index contributed by atoms with van der Waals surface area (Å²) in [6.07, 6.45) is -1.35. The van der Waals surface area contributed by atoms with Gasteiger partial charge in [0.05, 0.1) is 5.56 Å². The zero-order valence-corrected chi connectivity index (χ0v) is 11.6. The van der Waals surface area contributed by atoms with Crippen molar-refractivity contribution in [2.75, 3.05) is 13.1 Å². The Morgan fingerprint density at radius 3 is 2.64 bits per heavy atom. The fourth-order valence-electron chi connectivity index (χ4n) is 2.42. The van der Waals surface area contributed by atoms with Crippen LogP contribution in [0.5, 0.6) is 0 Å². The zero-order chi connectivity index (χ0) is 15.7. The maximum absolute atomic E-state index is 12.7. The molecule has 7 heteroatoms. The fraction of sp³-hybridized carbons (Fsp3) is 0.333. The molecule has 0 spiro atoms. The molecule has 0 bridgehead atoms. The molecule has 1 aliphatic heterocycles. The largest absolute Gasteiger partial charge is 0.444 e. The second-order valence-corrected chi connectivity index (χ2v) is 5.12. The average Bonchev–Trinajstić information content (AvgIpc) is 3.17. The first-order valence-corrected chi connectivity index (χ1v) is 6.87. The third kappa shape index (κ3) is 2.84. The number of benzene rings is 1. The van der Waals surface area contributed by atoms with Crippen molar-refractivity contribution in [3.63, 3.8) is 0 Å². The van der Waals surface area contributed by atoms with Gasteiger partial charge in [-0.05, 0) is 31.0 Å². The summed E-state index contributed by atoms with van der Waals surface area (Å²) in [6, 6.07) is 4.67. The Balaban J connectivity index is 1.86. The van der Waals surface area contributed by atoms with Gasteiger partial charge >= 0.3 is 6.18 Å². The van der Waals surface area contributed by atoms with Crippen LogP contribution in [0.15, 0.2) is 34.9 Å². The smallest absolute Gasteiger partial charge is 0.416 e. The maximum Gasteiger partial charge on any atom is 0.416 e. The highest BCUT2D eigenvalue weighted by atomic mass is 19.4. The molecule has 2 aromatic rings. The van der Waals surface area contributed by atoms with Crippen LogP contribution in [0.4, 0.5) is 13.2 Å². The van der Waals surface area contributed by atoms with E-state index in [0.717, 1.165) is 25.0 Å². The summed E-state index contributed by atoms with van der Waals surface area (Å²) in [5.41, 5.74) is -0.472. The van der Waals surface area contributed by atoms with E-state index in [1.807, 2.05) is 0 Å². The Labute approximate surface area is 124 Å². The molecule has 0 atom stereocenters. The van der Waals surface area contributed by atoms with Gasteiger partial charge in [-0.2, -0.15) is 13.2 Å². The summed E-state index contributed by atoms with van der Waals surface area (Å²) in [4.78, 5) is 17.8. The van der Waals surface area contributed by atoms with Gasteiger partial charge in [0.1, 0.15) is 6.26 Å². The van der Waals surface area contributed by atoms with Crippen molar-refractivity contribution in [2.24, 2.45) is 0 Å². The number of likely N-dealkylation sites (tertiary alicyclic amines) is 1. The molecule has 0 radical (unpaired) electrons. The van der Waals surface area contributed by atoms with Gasteiger partial charge in [-0.1, -0.05) is 6.07 Å². The highest BCUT2D eigenvalue weighted by Crippen LogP contribution is 2.32. The SMILES string of the molecule is O=C(c1coc(-c2cccc(C(F)(F)F)c2)n1)N1CCCC1. The summed E-state index contributed by atoms with van der Waals surface area (Å²) >= 11 is 0. The van der Waals surface area contributed by atoms with Crippen LogP contribution in [-0.2, 0) is 6.18 Å². The number of nitrogens with zero attached hydrogens (tertiary/aromatic N) is 2. The minimum atomic E-state index is -4.43. The minimum Gasteiger partial charge on any atom is -0.444 e. The topological polar surface area (TPSA) is 46.3 Å². The van der Waals surface area contributed by atoms with Gasteiger partial charge in [0.2, 0.25) is 5.89 Å². The lowest BCUT2D eigenvalue weighted by molar-refractivity contribution is -0.137. The van der Waals surface area contributed by atoms with Crippen LogP contribution < -0.4 is 0 Å². The lowest BCUT2D eigenvalue weighted by Gasteiger charge is -2.12. The predicted molar refractivity (Wildman–Crippen MR) is 72.1 cm³/mol. The molecule has 0 saturated carbocycles. The van der Waals surface area contributed by atoms with Crippen molar-refractivity contribution < 1.29 is 22.4 Å². The normalized spacial score (nSPS) is 15.3. The molecule has 1 aromatic carbocycles. The average molecular weight is 310 g/mol. The van der Waals surface area contributed by atoms with Gasteiger partial charge in [0, 0.05) is 18.7 Å². The molecular formula is C15H13F3N2O2. The summed E-state index contributed by atoms with van der Waals surface area (Å²) in [6.45, 7) is 1.34. The molecule has 0 aliphatic carbocycles. The standard InChI is InChI=1S/C15H13F3N2O2/c16-15(17,18)11-5-3-4-10(8-11)13-19-12(9-22-13)14(21)20-6-1-2-7-20/h3-5,8-9H,1-2,6-7H2. The van der Waals surface area contributed by atoms with Crippen LogP contribution in [0.25, 0.3) is 11.5 Å². The number of alkyl halides is 3. The van der Waals surface area contributed by atoms with E-state index in [0.29, 0.717) is 13.1 Å². The van der Waals surface area contributed by atoms with Crippen molar-refractivity contribution in [2.45, 2.75) is 19.0 Å². The number of amides is 1. The van der Waals surface area contributed by atoms with E-state index < -0.39 is 11.7 Å². The minimum absolute atomic E-state index is 0.00801. The third-order valence-corrected chi connectivity index (χ3v) is 3.55. The van der Waals surface area contributed by atoms with E-state index >= 15 is 0 Å². The lowest BCUT2D eigenvalue weighted by Crippen LogP contribution is -2.27. The Morgan fingerprint density at radius 2 is 1.95 bits per heavy atom. The number of carbonyl (C=O) groups excluding carboxylic acids is 1. The van der Waals surface area contributed by atoms with Crippen LogP contribution in [0.2, 0.25) is 0 Å². The van der Waals surface area contributed by atoms with E-state index in [1.54, 1.807) is 4.90 Å². The van der Waals surface area contributed by atoms with Gasteiger partial charge in [-0.3, -0.25) is 4.79 Å². The summed E-state index contributed by atoms with van der Waals surface area (Å²) in [7, 11) is 0. The molecule has 1 amide bonds. The van der Waals surface area contributed by atoms with E-state index in [1.165, 1.54) is 18.4 Å². The first-order chi connectivity index (χ1) is 10.4. The molecule has 4 nitrogen and oxygen atoms in total. The fourth-order valence-corrected chi connectivity index (χ4v) is 2.42. The van der Waals surface area contributed by atoms with Gasteiger partial charge in [0.15, 0.2) is 5.69 Å². The quantitative estimate of drug-likeness (QED) is 0.851. The summed E-state index contributed by atoms with van der Waals surface area (Å²) in [5, 5.41) is 0.